The Bertz CT molecular complexity index is 1050. The smallest absolute Gasteiger partial charge is 0.255 e. The van der Waals surface area contributed by atoms with Gasteiger partial charge in [-0.3, -0.25) is 9.20 Å². The van der Waals surface area contributed by atoms with E-state index in [4.69, 9.17) is 0 Å². The van der Waals surface area contributed by atoms with Crippen LogP contribution in [-0.4, -0.2) is 31.2 Å². The van der Waals surface area contributed by atoms with Gasteiger partial charge in [0.2, 0.25) is 5.91 Å². The molecule has 0 radical (unpaired) electrons. The van der Waals surface area contributed by atoms with E-state index in [1.165, 1.54) is 11.8 Å². The van der Waals surface area contributed by atoms with Crippen molar-refractivity contribution in [3.05, 3.63) is 73.1 Å². The van der Waals surface area contributed by atoms with Crippen LogP contribution in [0.5, 0.6) is 0 Å². The Kier molecular flexibility index (Phi) is 4.61. The number of benzene rings is 2. The van der Waals surface area contributed by atoms with Crippen LogP contribution in [0.1, 0.15) is 0 Å². The van der Waals surface area contributed by atoms with Gasteiger partial charge in [0, 0.05) is 23.6 Å². The fraction of sp³-hybridized carbons (Fsp3) is 0.0526. The third kappa shape index (κ3) is 3.43. The summed E-state index contributed by atoms with van der Waals surface area (Å²) in [5, 5.41) is 11.7. The van der Waals surface area contributed by atoms with Gasteiger partial charge in [0.05, 0.1) is 5.75 Å². The van der Waals surface area contributed by atoms with Crippen molar-refractivity contribution in [1.29, 1.82) is 0 Å². The average molecular weight is 361 g/mol. The summed E-state index contributed by atoms with van der Waals surface area (Å²) >= 11 is 1.32. The SMILES string of the molecule is O=C(CSc1nnc2ncccn12)Nc1ccccc1-c1ccccc1. The Balaban J connectivity index is 1.47. The van der Waals surface area contributed by atoms with Crippen LogP contribution in [0.2, 0.25) is 0 Å². The van der Waals surface area contributed by atoms with Crippen LogP contribution in [0, 0.1) is 0 Å². The molecule has 128 valence electrons. The van der Waals surface area contributed by atoms with Crippen molar-refractivity contribution in [2.45, 2.75) is 5.16 Å². The normalized spacial score (nSPS) is 10.8. The molecule has 0 bridgehead atoms. The predicted molar refractivity (Wildman–Crippen MR) is 102 cm³/mol. The number of rotatable bonds is 5. The highest BCUT2D eigenvalue weighted by Gasteiger charge is 2.11. The van der Waals surface area contributed by atoms with Crippen LogP contribution in [0.4, 0.5) is 5.69 Å². The first-order valence-corrected chi connectivity index (χ1v) is 9.03. The molecule has 7 heteroatoms. The van der Waals surface area contributed by atoms with Gasteiger partial charge < -0.3 is 5.32 Å². The zero-order valence-corrected chi connectivity index (χ0v) is 14.6. The third-order valence-corrected chi connectivity index (χ3v) is 4.72. The Morgan fingerprint density at radius 2 is 1.81 bits per heavy atom. The zero-order chi connectivity index (χ0) is 17.8. The van der Waals surface area contributed by atoms with E-state index in [1.54, 1.807) is 16.7 Å². The molecule has 0 fully saturated rings. The number of nitrogens with one attached hydrogen (secondary N) is 1. The molecule has 26 heavy (non-hydrogen) atoms. The first-order valence-electron chi connectivity index (χ1n) is 8.04. The van der Waals surface area contributed by atoms with E-state index in [0.717, 1.165) is 16.8 Å². The predicted octanol–water partition coefficient (Wildman–Crippen LogP) is 3.52. The van der Waals surface area contributed by atoms with E-state index in [2.05, 4.69) is 20.5 Å². The Morgan fingerprint density at radius 1 is 1.00 bits per heavy atom. The molecule has 0 saturated carbocycles. The van der Waals surface area contributed by atoms with Gasteiger partial charge >= 0.3 is 0 Å². The first kappa shape index (κ1) is 16.3. The van der Waals surface area contributed by atoms with Gasteiger partial charge in [-0.15, -0.1) is 10.2 Å². The number of hydrogen-bond donors (Lipinski definition) is 1. The number of carbonyl (C=O) groups excluding carboxylic acids is 1. The highest BCUT2D eigenvalue weighted by molar-refractivity contribution is 7.99. The van der Waals surface area contributed by atoms with Crippen LogP contribution in [0.3, 0.4) is 0 Å². The fourth-order valence-corrected chi connectivity index (χ4v) is 3.31. The molecular formula is C19H15N5OS. The second-order valence-electron chi connectivity index (χ2n) is 5.52. The van der Waals surface area contributed by atoms with Crippen molar-refractivity contribution in [3.8, 4) is 11.1 Å². The first-order chi connectivity index (χ1) is 12.8. The zero-order valence-electron chi connectivity index (χ0n) is 13.7. The minimum atomic E-state index is -0.0981. The van der Waals surface area contributed by atoms with E-state index in [1.807, 2.05) is 60.8 Å². The maximum atomic E-state index is 12.4. The fourth-order valence-electron chi connectivity index (χ4n) is 2.60. The maximum Gasteiger partial charge on any atom is 0.255 e. The van der Waals surface area contributed by atoms with Gasteiger partial charge in [0.1, 0.15) is 0 Å². The summed E-state index contributed by atoms with van der Waals surface area (Å²) in [6.07, 6.45) is 3.49. The number of aromatic nitrogens is 4. The molecule has 2 heterocycles. The molecule has 1 amide bonds. The van der Waals surface area contributed by atoms with E-state index in [0.29, 0.717) is 10.9 Å². The lowest BCUT2D eigenvalue weighted by Gasteiger charge is -2.11. The van der Waals surface area contributed by atoms with Crippen molar-refractivity contribution in [3.63, 3.8) is 0 Å². The van der Waals surface area contributed by atoms with Crippen molar-refractivity contribution >= 4 is 29.1 Å². The quantitative estimate of drug-likeness (QED) is 0.551. The summed E-state index contributed by atoms with van der Waals surface area (Å²) in [5.74, 6) is 0.655. The number of nitrogens with zero attached hydrogens (tertiary/aromatic N) is 4. The van der Waals surface area contributed by atoms with Gasteiger partial charge in [0.25, 0.3) is 5.78 Å². The summed E-state index contributed by atoms with van der Waals surface area (Å²) in [4.78, 5) is 16.5. The molecule has 0 spiro atoms. The van der Waals surface area contributed by atoms with Crippen LogP contribution >= 0.6 is 11.8 Å². The van der Waals surface area contributed by atoms with E-state index in [-0.39, 0.29) is 11.7 Å². The molecule has 6 nitrogen and oxygen atoms in total. The molecule has 4 rings (SSSR count). The number of thioether (sulfide) groups is 1. The molecule has 0 unspecified atom stereocenters. The Labute approximate surface area is 154 Å². The average Bonchev–Trinajstić information content (AvgIpc) is 3.11. The second kappa shape index (κ2) is 7.37. The van der Waals surface area contributed by atoms with Crippen LogP contribution in [-0.2, 0) is 4.79 Å². The van der Waals surface area contributed by atoms with Crippen molar-refractivity contribution in [1.82, 2.24) is 19.6 Å². The van der Waals surface area contributed by atoms with Gasteiger partial charge in [-0.1, -0.05) is 60.3 Å². The molecule has 0 atom stereocenters. The summed E-state index contributed by atoms with van der Waals surface area (Å²) in [5.41, 5.74) is 2.84. The monoisotopic (exact) mass is 361 g/mol. The highest BCUT2D eigenvalue weighted by Crippen LogP contribution is 2.27. The Morgan fingerprint density at radius 3 is 2.69 bits per heavy atom. The van der Waals surface area contributed by atoms with Crippen LogP contribution < -0.4 is 5.32 Å². The molecule has 4 aromatic rings. The molecule has 1 N–H and O–H groups in total. The third-order valence-electron chi connectivity index (χ3n) is 3.78. The lowest BCUT2D eigenvalue weighted by molar-refractivity contribution is -0.113. The number of carbonyl (C=O) groups is 1. The highest BCUT2D eigenvalue weighted by atomic mass is 32.2. The van der Waals surface area contributed by atoms with E-state index >= 15 is 0 Å². The molecular weight excluding hydrogens is 346 g/mol. The minimum absolute atomic E-state index is 0.0981. The molecule has 0 aliphatic heterocycles. The lowest BCUT2D eigenvalue weighted by atomic mass is 10.0. The molecule has 0 aliphatic carbocycles. The number of fused-ring (bicyclic) bond motifs is 1. The van der Waals surface area contributed by atoms with Crippen molar-refractivity contribution in [2.24, 2.45) is 0 Å². The molecule has 2 aromatic carbocycles. The summed E-state index contributed by atoms with van der Waals surface area (Å²) in [6, 6.07) is 19.5. The van der Waals surface area contributed by atoms with Gasteiger partial charge in [-0.2, -0.15) is 0 Å². The van der Waals surface area contributed by atoms with Crippen molar-refractivity contribution < 1.29 is 4.79 Å². The Hall–Kier alpha value is -3.19. The number of hydrogen-bond acceptors (Lipinski definition) is 5. The summed E-state index contributed by atoms with van der Waals surface area (Å²) < 4.78 is 1.76. The summed E-state index contributed by atoms with van der Waals surface area (Å²) in [7, 11) is 0. The standard InChI is InChI=1S/C19H15N5OS/c25-17(13-26-19-23-22-18-20-11-6-12-24(18)19)21-16-10-5-4-9-15(16)14-7-2-1-3-8-14/h1-12H,13H2,(H,21,25). The van der Waals surface area contributed by atoms with Gasteiger partial charge in [0.15, 0.2) is 5.16 Å². The second-order valence-corrected chi connectivity index (χ2v) is 6.46. The van der Waals surface area contributed by atoms with E-state index < -0.39 is 0 Å². The lowest BCUT2D eigenvalue weighted by Crippen LogP contribution is -2.15. The minimum Gasteiger partial charge on any atom is -0.325 e. The molecule has 2 aromatic heterocycles. The maximum absolute atomic E-state index is 12.4. The van der Waals surface area contributed by atoms with Gasteiger partial charge in [-0.25, -0.2) is 4.98 Å². The van der Waals surface area contributed by atoms with Crippen LogP contribution in [0.25, 0.3) is 16.9 Å². The summed E-state index contributed by atoms with van der Waals surface area (Å²) in [6.45, 7) is 0. The number of anilines is 1. The van der Waals surface area contributed by atoms with E-state index in [9.17, 15) is 4.79 Å². The van der Waals surface area contributed by atoms with Crippen molar-refractivity contribution in [2.75, 3.05) is 11.1 Å². The molecule has 0 aliphatic rings. The number of amides is 1. The topological polar surface area (TPSA) is 72.2 Å². The van der Waals surface area contributed by atoms with Gasteiger partial charge in [-0.05, 0) is 17.7 Å². The molecule has 0 saturated heterocycles. The largest absolute Gasteiger partial charge is 0.325 e. The number of para-hydroxylation sites is 1. The van der Waals surface area contributed by atoms with Crippen LogP contribution in [0.15, 0.2) is 78.2 Å².